The van der Waals surface area contributed by atoms with Crippen LogP contribution in [0.15, 0.2) is 42.7 Å². The molecule has 1 saturated heterocycles. The molecule has 3 fully saturated rings. The van der Waals surface area contributed by atoms with E-state index in [4.69, 9.17) is 15.1 Å². The number of aliphatic carboxylic acids is 1. The van der Waals surface area contributed by atoms with Gasteiger partial charge in [0, 0.05) is 37.0 Å². The van der Waals surface area contributed by atoms with Gasteiger partial charge in [-0.05, 0) is 108 Å². The van der Waals surface area contributed by atoms with Crippen molar-refractivity contribution in [3.8, 4) is 0 Å². The number of nitrogens with one attached hydrogen (secondary N) is 1. The lowest BCUT2D eigenvalue weighted by molar-refractivity contribution is -0.143. The van der Waals surface area contributed by atoms with Crippen LogP contribution in [0.2, 0.25) is 0 Å². The van der Waals surface area contributed by atoms with Gasteiger partial charge in [0.2, 0.25) is 5.95 Å². The van der Waals surface area contributed by atoms with Gasteiger partial charge in [0.05, 0.1) is 29.9 Å². The number of aryl methyl sites for hydroxylation is 1. The Hall–Kier alpha value is -3.46. The summed E-state index contributed by atoms with van der Waals surface area (Å²) in [4.78, 5) is 27.3. The van der Waals surface area contributed by atoms with Crippen LogP contribution >= 0.6 is 0 Å². The Bertz CT molecular complexity index is 1490. The number of benzene rings is 1. The summed E-state index contributed by atoms with van der Waals surface area (Å²) in [5, 5.41) is 18.4. The minimum absolute atomic E-state index is 0.0862. The molecule has 3 heterocycles. The molecule has 3 aromatic rings. The third-order valence-electron chi connectivity index (χ3n) is 11.6. The standard InChI is InChI=1S/C38H53N7O2/c1-3-35(27-12-14-28(15-13-27)37(46)47)43(2)38-41-33-19-16-29(26-10-6-4-7-11-26)22-32(33)36(42-38)40-34(25-44-20-8-5-9-21-44)30-23-39-45(24-30)31-17-18-31/h4,6-7,10-11,23-24,27-29,31,34-35H,3,5,8-9,12-22,25H2,1-2H3,(H,46,47)(H,40,41,42)/t27?,28?,29-,34+,35-/m1/s1. The number of likely N-dealkylation sites (tertiary alicyclic amines) is 1. The van der Waals surface area contributed by atoms with E-state index in [0.717, 1.165) is 82.8 Å². The lowest BCUT2D eigenvalue weighted by Crippen LogP contribution is -2.41. The Morgan fingerprint density at radius 2 is 1.79 bits per heavy atom. The fraction of sp³-hybridized carbons (Fsp3) is 0.632. The minimum atomic E-state index is -0.644. The molecule has 252 valence electrons. The molecular weight excluding hydrogens is 586 g/mol. The van der Waals surface area contributed by atoms with Crippen molar-refractivity contribution in [1.82, 2.24) is 24.6 Å². The second-order valence-electron chi connectivity index (χ2n) is 14.7. The number of hydrogen-bond acceptors (Lipinski definition) is 7. The van der Waals surface area contributed by atoms with Gasteiger partial charge in [0.15, 0.2) is 0 Å². The molecule has 0 bridgehead atoms. The maximum Gasteiger partial charge on any atom is 0.306 e. The molecule has 47 heavy (non-hydrogen) atoms. The van der Waals surface area contributed by atoms with Crippen molar-refractivity contribution in [1.29, 1.82) is 0 Å². The highest BCUT2D eigenvalue weighted by Crippen LogP contribution is 2.40. The number of carboxylic acids is 1. The molecule has 4 aliphatic rings. The second kappa shape index (κ2) is 14.3. The minimum Gasteiger partial charge on any atom is -0.481 e. The molecule has 0 amide bonds. The normalized spacial score (nSPS) is 24.7. The first-order valence-electron chi connectivity index (χ1n) is 18.4. The van der Waals surface area contributed by atoms with E-state index in [-0.39, 0.29) is 18.0 Å². The Morgan fingerprint density at radius 1 is 1.02 bits per heavy atom. The lowest BCUT2D eigenvalue weighted by atomic mass is 9.77. The highest BCUT2D eigenvalue weighted by molar-refractivity contribution is 5.70. The van der Waals surface area contributed by atoms with Crippen LogP contribution < -0.4 is 10.2 Å². The molecule has 0 radical (unpaired) electrons. The summed E-state index contributed by atoms with van der Waals surface area (Å²) >= 11 is 0. The predicted molar refractivity (Wildman–Crippen MR) is 186 cm³/mol. The first-order valence-corrected chi connectivity index (χ1v) is 18.4. The van der Waals surface area contributed by atoms with E-state index >= 15 is 0 Å². The van der Waals surface area contributed by atoms with Crippen molar-refractivity contribution >= 4 is 17.7 Å². The van der Waals surface area contributed by atoms with Gasteiger partial charge in [0.25, 0.3) is 0 Å². The Labute approximate surface area is 280 Å². The SMILES string of the molecule is CC[C@H](C1CCC(C(=O)O)CC1)N(C)c1nc2c(c(N[C@@H](CN3CCCCC3)c3cnn(C4CC4)c3)n1)C[C@H](c1ccccc1)CC2. The maximum atomic E-state index is 11.7. The average Bonchev–Trinajstić information content (AvgIpc) is 3.85. The van der Waals surface area contributed by atoms with Crippen molar-refractivity contribution in [3.63, 3.8) is 0 Å². The van der Waals surface area contributed by atoms with Gasteiger partial charge in [-0.15, -0.1) is 0 Å². The molecule has 3 aliphatic carbocycles. The topological polar surface area (TPSA) is 99.4 Å². The lowest BCUT2D eigenvalue weighted by Gasteiger charge is -2.38. The number of carboxylic acid groups (broad SMARTS) is 1. The van der Waals surface area contributed by atoms with Crippen LogP contribution in [-0.2, 0) is 17.6 Å². The van der Waals surface area contributed by atoms with Gasteiger partial charge in [-0.3, -0.25) is 9.48 Å². The molecule has 7 rings (SSSR count). The smallest absolute Gasteiger partial charge is 0.306 e. The van der Waals surface area contributed by atoms with Crippen molar-refractivity contribution in [2.45, 2.75) is 114 Å². The summed E-state index contributed by atoms with van der Waals surface area (Å²) in [5.74, 6) is 1.81. The third kappa shape index (κ3) is 7.35. The molecule has 1 aromatic carbocycles. The summed E-state index contributed by atoms with van der Waals surface area (Å²) in [6.07, 6.45) is 18.0. The number of carbonyl (C=O) groups is 1. The van der Waals surface area contributed by atoms with Crippen molar-refractivity contribution in [2.24, 2.45) is 11.8 Å². The van der Waals surface area contributed by atoms with Crippen molar-refractivity contribution in [2.75, 3.05) is 36.9 Å². The van der Waals surface area contributed by atoms with Gasteiger partial charge in [0.1, 0.15) is 5.82 Å². The Morgan fingerprint density at radius 3 is 2.49 bits per heavy atom. The van der Waals surface area contributed by atoms with E-state index in [2.05, 4.69) is 76.5 Å². The quantitative estimate of drug-likeness (QED) is 0.218. The number of anilines is 2. The van der Waals surface area contributed by atoms with E-state index in [9.17, 15) is 9.90 Å². The van der Waals surface area contributed by atoms with Crippen LogP contribution in [0.3, 0.4) is 0 Å². The molecule has 9 heteroatoms. The molecule has 2 N–H and O–H groups in total. The number of fused-ring (bicyclic) bond motifs is 1. The van der Waals surface area contributed by atoms with Crippen LogP contribution in [0.4, 0.5) is 11.8 Å². The molecular formula is C38H53N7O2. The second-order valence-corrected chi connectivity index (χ2v) is 14.7. The van der Waals surface area contributed by atoms with E-state index in [1.165, 1.54) is 54.5 Å². The summed E-state index contributed by atoms with van der Waals surface area (Å²) in [6.45, 7) is 5.47. The summed E-state index contributed by atoms with van der Waals surface area (Å²) in [6, 6.07) is 11.8. The van der Waals surface area contributed by atoms with Crippen molar-refractivity contribution < 1.29 is 9.90 Å². The molecule has 1 aliphatic heterocycles. The number of aromatic nitrogens is 4. The highest BCUT2D eigenvalue weighted by Gasteiger charge is 2.34. The third-order valence-corrected chi connectivity index (χ3v) is 11.6. The van der Waals surface area contributed by atoms with Gasteiger partial charge in [-0.25, -0.2) is 4.98 Å². The van der Waals surface area contributed by atoms with E-state index in [1.54, 1.807) is 0 Å². The van der Waals surface area contributed by atoms with Gasteiger partial charge in [-0.1, -0.05) is 43.7 Å². The van der Waals surface area contributed by atoms with Crippen molar-refractivity contribution in [3.05, 3.63) is 65.1 Å². The van der Waals surface area contributed by atoms with E-state index < -0.39 is 5.97 Å². The van der Waals surface area contributed by atoms with Crippen LogP contribution in [0, 0.1) is 11.8 Å². The summed E-state index contributed by atoms with van der Waals surface area (Å²) in [5.41, 5.74) is 5.06. The van der Waals surface area contributed by atoms with E-state index in [1.807, 2.05) is 0 Å². The Balaban J connectivity index is 1.21. The molecule has 0 unspecified atom stereocenters. The number of hydrogen-bond donors (Lipinski definition) is 2. The molecule has 9 nitrogen and oxygen atoms in total. The zero-order chi connectivity index (χ0) is 32.3. The number of piperidine rings is 1. The van der Waals surface area contributed by atoms with Crippen LogP contribution in [0.1, 0.15) is 118 Å². The predicted octanol–water partition coefficient (Wildman–Crippen LogP) is 7.03. The number of rotatable bonds is 12. The van der Waals surface area contributed by atoms with Crippen LogP contribution in [-0.4, -0.2) is 68.4 Å². The monoisotopic (exact) mass is 639 g/mol. The largest absolute Gasteiger partial charge is 0.481 e. The first kappa shape index (κ1) is 32.1. The van der Waals surface area contributed by atoms with Gasteiger partial charge < -0.3 is 20.2 Å². The maximum absolute atomic E-state index is 11.7. The van der Waals surface area contributed by atoms with Crippen LogP contribution in [0.25, 0.3) is 0 Å². The number of nitrogens with zero attached hydrogens (tertiary/aromatic N) is 6. The summed E-state index contributed by atoms with van der Waals surface area (Å²) < 4.78 is 2.17. The molecule has 2 aromatic heterocycles. The fourth-order valence-corrected chi connectivity index (χ4v) is 8.58. The molecule has 3 atom stereocenters. The first-order chi connectivity index (χ1) is 23.0. The fourth-order valence-electron chi connectivity index (χ4n) is 8.58. The summed E-state index contributed by atoms with van der Waals surface area (Å²) in [7, 11) is 2.16. The molecule has 2 saturated carbocycles. The highest BCUT2D eigenvalue weighted by atomic mass is 16.4. The van der Waals surface area contributed by atoms with E-state index in [0.29, 0.717) is 17.9 Å². The molecule has 0 spiro atoms. The van der Waals surface area contributed by atoms with Gasteiger partial charge >= 0.3 is 5.97 Å². The Kier molecular flexibility index (Phi) is 9.80. The zero-order valence-corrected chi connectivity index (χ0v) is 28.4. The van der Waals surface area contributed by atoms with Crippen LogP contribution in [0.5, 0.6) is 0 Å². The van der Waals surface area contributed by atoms with Gasteiger partial charge in [-0.2, -0.15) is 10.1 Å². The zero-order valence-electron chi connectivity index (χ0n) is 28.4. The average molecular weight is 640 g/mol.